The van der Waals surface area contributed by atoms with Crippen molar-refractivity contribution in [1.29, 1.82) is 0 Å². The number of halogens is 4. The Hall–Kier alpha value is -2.20. The van der Waals surface area contributed by atoms with Crippen LogP contribution in [0.4, 0.5) is 29.5 Å². The highest BCUT2D eigenvalue weighted by atomic mass is 35.5. The number of ether oxygens (including phenoxy) is 1. The summed E-state index contributed by atoms with van der Waals surface area (Å²) >= 11 is 7.61. The van der Waals surface area contributed by atoms with E-state index in [1.165, 1.54) is 31.1 Å². The van der Waals surface area contributed by atoms with Crippen molar-refractivity contribution in [3.05, 3.63) is 35.0 Å². The highest BCUT2D eigenvalue weighted by molar-refractivity contribution is 7.98. The van der Waals surface area contributed by atoms with E-state index < -0.39 is 18.2 Å². The third-order valence-corrected chi connectivity index (χ3v) is 5.28. The van der Waals surface area contributed by atoms with Crippen LogP contribution >= 0.6 is 23.4 Å². The lowest BCUT2D eigenvalue weighted by Crippen LogP contribution is -2.53. The van der Waals surface area contributed by atoms with Crippen LogP contribution in [0.1, 0.15) is 12.5 Å². The smallest absolute Gasteiger partial charge is 0.408 e. The number of methoxy groups -OCH3 is 1. The number of rotatable bonds is 4. The van der Waals surface area contributed by atoms with Crippen LogP contribution in [-0.4, -0.2) is 46.5 Å². The normalized spacial score (nSPS) is 15.5. The largest absolute Gasteiger partial charge is 0.495 e. The van der Waals surface area contributed by atoms with Crippen LogP contribution in [0, 0.1) is 0 Å². The third-order valence-electron chi connectivity index (χ3n) is 4.34. The van der Waals surface area contributed by atoms with Crippen molar-refractivity contribution >= 4 is 40.9 Å². The molecule has 2 heterocycles. The van der Waals surface area contributed by atoms with Gasteiger partial charge in [0.15, 0.2) is 11.0 Å². The number of amides is 2. The Morgan fingerprint density at radius 3 is 2.68 bits per heavy atom. The van der Waals surface area contributed by atoms with Gasteiger partial charge in [-0.2, -0.15) is 13.2 Å². The Balaban J connectivity index is 2.20. The molecule has 1 aliphatic heterocycles. The molecular weight excluding hydrogens is 417 g/mol. The lowest BCUT2D eigenvalue weighted by atomic mass is 10.1. The minimum Gasteiger partial charge on any atom is -0.495 e. The summed E-state index contributed by atoms with van der Waals surface area (Å²) in [5.41, 5.74) is 0.560. The predicted octanol–water partition coefficient (Wildman–Crippen LogP) is 4.89. The molecule has 0 N–H and O–H groups in total. The minimum atomic E-state index is -4.59. The number of carbonyl (C=O) groups is 1. The first kappa shape index (κ1) is 20.5. The van der Waals surface area contributed by atoms with Crippen molar-refractivity contribution in [2.24, 2.45) is 0 Å². The number of fused-ring (bicyclic) bond motifs is 1. The lowest BCUT2D eigenvalue weighted by Gasteiger charge is -2.39. The van der Waals surface area contributed by atoms with Gasteiger partial charge in [0.25, 0.3) is 0 Å². The quantitative estimate of drug-likeness (QED) is 0.509. The molecule has 0 saturated carbocycles. The number of nitrogens with zero attached hydrogens (tertiary/aromatic N) is 4. The summed E-state index contributed by atoms with van der Waals surface area (Å²) < 4.78 is 45.2. The van der Waals surface area contributed by atoms with E-state index in [0.717, 1.165) is 16.7 Å². The summed E-state index contributed by atoms with van der Waals surface area (Å²) in [6.07, 6.45) is -1.40. The molecule has 0 fully saturated rings. The molecule has 1 aromatic carbocycles. The van der Waals surface area contributed by atoms with Crippen LogP contribution in [0.25, 0.3) is 0 Å². The second kappa shape index (κ2) is 7.67. The van der Waals surface area contributed by atoms with Gasteiger partial charge in [0.1, 0.15) is 16.8 Å². The first-order chi connectivity index (χ1) is 13.2. The molecule has 0 spiro atoms. The van der Waals surface area contributed by atoms with Crippen molar-refractivity contribution in [1.82, 2.24) is 14.9 Å². The molecule has 2 amide bonds. The number of anilines is 2. The number of alkyl halides is 3. The number of thioether (sulfide) groups is 1. The second-order valence-corrected chi connectivity index (χ2v) is 7.11. The molecule has 150 valence electrons. The van der Waals surface area contributed by atoms with Crippen LogP contribution in [0.2, 0.25) is 5.02 Å². The Labute approximate surface area is 168 Å². The molecule has 0 bridgehead atoms. The molecular formula is C17H16ClF3N4O2S. The number of urea groups is 1. The number of hydrogen-bond acceptors (Lipinski definition) is 5. The van der Waals surface area contributed by atoms with Crippen molar-refractivity contribution in [2.75, 3.05) is 18.3 Å². The first-order valence-electron chi connectivity index (χ1n) is 8.08. The zero-order chi connectivity index (χ0) is 20.6. The predicted molar refractivity (Wildman–Crippen MR) is 100 cm³/mol. The van der Waals surface area contributed by atoms with Crippen LogP contribution in [-0.2, 0) is 6.54 Å². The van der Waals surface area contributed by atoms with Crippen molar-refractivity contribution in [3.63, 3.8) is 0 Å². The Kier molecular flexibility index (Phi) is 5.62. The van der Waals surface area contributed by atoms with E-state index in [9.17, 15) is 18.0 Å². The number of hydrogen-bond donors (Lipinski definition) is 0. The van der Waals surface area contributed by atoms with Gasteiger partial charge in [-0.3, -0.25) is 0 Å². The average molecular weight is 433 g/mol. The van der Waals surface area contributed by atoms with Crippen LogP contribution in [0.15, 0.2) is 29.6 Å². The van der Waals surface area contributed by atoms with E-state index in [1.807, 2.05) is 0 Å². The Morgan fingerprint density at radius 1 is 1.36 bits per heavy atom. The lowest BCUT2D eigenvalue weighted by molar-refractivity contribution is -0.172. The molecule has 1 aromatic heterocycles. The molecule has 1 atom stereocenters. The van der Waals surface area contributed by atoms with Crippen LogP contribution < -0.4 is 9.64 Å². The summed E-state index contributed by atoms with van der Waals surface area (Å²) in [6.45, 7) is 0.674. The van der Waals surface area contributed by atoms with E-state index in [4.69, 9.17) is 16.3 Å². The summed E-state index contributed by atoms with van der Waals surface area (Å²) in [5, 5.41) is 0.475. The molecule has 1 aliphatic rings. The van der Waals surface area contributed by atoms with Gasteiger partial charge in [0.2, 0.25) is 0 Å². The van der Waals surface area contributed by atoms with Crippen molar-refractivity contribution in [3.8, 4) is 5.75 Å². The van der Waals surface area contributed by atoms with E-state index in [1.54, 1.807) is 18.4 Å². The van der Waals surface area contributed by atoms with Gasteiger partial charge in [-0.1, -0.05) is 29.4 Å². The van der Waals surface area contributed by atoms with Gasteiger partial charge in [-0.05, 0) is 25.3 Å². The maximum absolute atomic E-state index is 13.3. The molecule has 3 rings (SSSR count). The summed E-state index contributed by atoms with van der Waals surface area (Å²) in [7, 11) is 1.41. The van der Waals surface area contributed by atoms with Crippen LogP contribution in [0.3, 0.4) is 0 Å². The molecule has 6 nitrogen and oxygen atoms in total. The van der Waals surface area contributed by atoms with Gasteiger partial charge < -0.3 is 9.64 Å². The SMILES string of the molecule is COc1cccc(N2C(=O)N([C@@H](C)C(F)(F)F)Cc3cnc(SC)nc32)c1Cl. The van der Waals surface area contributed by atoms with Gasteiger partial charge >= 0.3 is 12.2 Å². The fourth-order valence-corrected chi connectivity index (χ4v) is 3.41. The van der Waals surface area contributed by atoms with Gasteiger partial charge in [-0.25, -0.2) is 19.7 Å². The van der Waals surface area contributed by atoms with E-state index in [2.05, 4.69) is 9.97 Å². The number of benzene rings is 1. The molecule has 11 heteroatoms. The van der Waals surface area contributed by atoms with Crippen molar-refractivity contribution in [2.45, 2.75) is 30.8 Å². The van der Waals surface area contributed by atoms with Crippen molar-refractivity contribution < 1.29 is 22.7 Å². The summed E-state index contributed by atoms with van der Waals surface area (Å²) in [5.74, 6) is 0.485. The molecule has 0 aliphatic carbocycles. The third kappa shape index (κ3) is 3.58. The minimum absolute atomic E-state index is 0.0927. The highest BCUT2D eigenvalue weighted by Crippen LogP contribution is 2.42. The molecule has 0 saturated heterocycles. The topological polar surface area (TPSA) is 58.6 Å². The molecule has 28 heavy (non-hydrogen) atoms. The van der Waals surface area contributed by atoms with Gasteiger partial charge in [0.05, 0.1) is 19.3 Å². The Morgan fingerprint density at radius 2 is 2.07 bits per heavy atom. The number of carbonyl (C=O) groups excluding carboxylic acids is 1. The summed E-state index contributed by atoms with van der Waals surface area (Å²) in [4.78, 5) is 23.4. The first-order valence-corrected chi connectivity index (χ1v) is 9.69. The average Bonchev–Trinajstić information content (AvgIpc) is 2.66. The van der Waals surface area contributed by atoms with Gasteiger partial charge in [0, 0.05) is 11.8 Å². The Bertz CT molecular complexity index is 912. The fraction of sp³-hybridized carbons (Fsp3) is 0.353. The standard InChI is InChI=1S/C17H16ClF3N4O2S/c1-9(17(19,20)21)24-8-10-7-22-15(28-3)23-14(10)25(16(24)26)11-5-4-6-12(27-2)13(11)18/h4-7,9H,8H2,1-3H3/t9-/m0/s1. The maximum atomic E-state index is 13.3. The zero-order valence-electron chi connectivity index (χ0n) is 15.1. The monoisotopic (exact) mass is 432 g/mol. The molecule has 0 unspecified atom stereocenters. The molecule has 2 aromatic rings. The van der Waals surface area contributed by atoms with Crippen LogP contribution in [0.5, 0.6) is 5.75 Å². The highest BCUT2D eigenvalue weighted by Gasteiger charge is 2.46. The zero-order valence-corrected chi connectivity index (χ0v) is 16.7. The maximum Gasteiger partial charge on any atom is 0.408 e. The summed E-state index contributed by atoms with van der Waals surface area (Å²) in [6, 6.07) is 1.83. The fourth-order valence-electron chi connectivity index (χ4n) is 2.78. The second-order valence-electron chi connectivity index (χ2n) is 5.96. The van der Waals surface area contributed by atoms with E-state index >= 15 is 0 Å². The van der Waals surface area contributed by atoms with Gasteiger partial charge in [-0.15, -0.1) is 0 Å². The molecule has 0 radical (unpaired) electrons. The number of aromatic nitrogens is 2. The van der Waals surface area contributed by atoms with E-state index in [0.29, 0.717) is 10.7 Å². The van der Waals surface area contributed by atoms with E-state index in [-0.39, 0.29) is 28.8 Å².